The summed E-state index contributed by atoms with van der Waals surface area (Å²) in [5.41, 5.74) is 1.04. The fourth-order valence-corrected chi connectivity index (χ4v) is 1.74. The van der Waals surface area contributed by atoms with E-state index in [1.807, 2.05) is 18.2 Å². The highest BCUT2D eigenvalue weighted by Gasteiger charge is 2.13. The molecule has 80 valence electrons. The molecule has 0 aromatic carbocycles. The first-order valence-electron chi connectivity index (χ1n) is 5.34. The Bertz CT molecular complexity index is 341. The van der Waals surface area contributed by atoms with Gasteiger partial charge in [0.1, 0.15) is 0 Å². The maximum absolute atomic E-state index is 11.3. The quantitative estimate of drug-likeness (QED) is 0.805. The number of carbonyl (C=O) groups excluding carboxylic acids is 1. The number of nitrogens with one attached hydrogen (secondary N) is 1. The second kappa shape index (κ2) is 4.82. The summed E-state index contributed by atoms with van der Waals surface area (Å²) in [4.78, 5) is 11.3. The smallest absolute Gasteiger partial charge is 0.220 e. The second-order valence-electron chi connectivity index (χ2n) is 3.84. The Kier molecular flexibility index (Phi) is 3.22. The lowest BCUT2D eigenvalue weighted by molar-refractivity contribution is -0.121. The number of amides is 1. The maximum atomic E-state index is 11.3. The Morgan fingerprint density at radius 1 is 1.47 bits per heavy atom. The molecule has 2 heterocycles. The average molecular weight is 205 g/mol. The molecule has 0 saturated carbocycles. The van der Waals surface area contributed by atoms with Gasteiger partial charge in [-0.05, 0) is 18.9 Å². The van der Waals surface area contributed by atoms with Crippen LogP contribution < -0.4 is 5.32 Å². The number of rotatable bonds is 2. The topological polar surface area (TPSA) is 42.2 Å². The van der Waals surface area contributed by atoms with Gasteiger partial charge in [-0.15, -0.1) is 0 Å². The predicted octanol–water partition coefficient (Wildman–Crippen LogP) is 2.35. The molecular formula is C12H15NO2. The van der Waals surface area contributed by atoms with Gasteiger partial charge in [0.25, 0.3) is 0 Å². The zero-order valence-corrected chi connectivity index (χ0v) is 8.61. The molecule has 0 spiro atoms. The molecule has 1 aliphatic heterocycles. The predicted molar refractivity (Wildman–Crippen MR) is 58.1 cm³/mol. The van der Waals surface area contributed by atoms with E-state index < -0.39 is 0 Å². The van der Waals surface area contributed by atoms with E-state index in [-0.39, 0.29) is 11.9 Å². The molecule has 2 rings (SSSR count). The van der Waals surface area contributed by atoms with Crippen LogP contribution >= 0.6 is 0 Å². The van der Waals surface area contributed by atoms with Crippen molar-refractivity contribution in [2.75, 3.05) is 0 Å². The van der Waals surface area contributed by atoms with E-state index in [9.17, 15) is 4.79 Å². The van der Waals surface area contributed by atoms with Gasteiger partial charge < -0.3 is 9.73 Å². The Balaban J connectivity index is 1.95. The van der Waals surface area contributed by atoms with Crippen molar-refractivity contribution in [3.8, 4) is 0 Å². The number of carbonyl (C=O) groups is 1. The summed E-state index contributed by atoms with van der Waals surface area (Å²) in [5, 5.41) is 2.98. The zero-order valence-electron chi connectivity index (χ0n) is 8.61. The van der Waals surface area contributed by atoms with Gasteiger partial charge in [0.05, 0.1) is 12.5 Å². The Morgan fingerprint density at radius 2 is 2.40 bits per heavy atom. The molecule has 3 nitrogen and oxygen atoms in total. The van der Waals surface area contributed by atoms with Crippen LogP contribution in [0.25, 0.3) is 6.08 Å². The third kappa shape index (κ3) is 2.98. The van der Waals surface area contributed by atoms with Gasteiger partial charge >= 0.3 is 0 Å². The van der Waals surface area contributed by atoms with E-state index >= 15 is 0 Å². The number of furan rings is 1. The first-order chi connectivity index (χ1) is 7.34. The van der Waals surface area contributed by atoms with Gasteiger partial charge in [0, 0.05) is 18.0 Å². The van der Waals surface area contributed by atoms with Gasteiger partial charge in [-0.25, -0.2) is 0 Å². The second-order valence-corrected chi connectivity index (χ2v) is 3.84. The minimum Gasteiger partial charge on any atom is -0.472 e. The highest BCUT2D eigenvalue weighted by atomic mass is 16.3. The summed E-state index contributed by atoms with van der Waals surface area (Å²) >= 11 is 0. The highest BCUT2D eigenvalue weighted by molar-refractivity contribution is 5.76. The van der Waals surface area contributed by atoms with Crippen molar-refractivity contribution >= 4 is 12.0 Å². The molecule has 1 amide bonds. The molecule has 0 radical (unpaired) electrons. The van der Waals surface area contributed by atoms with Crippen LogP contribution in [0.5, 0.6) is 0 Å². The SMILES string of the molecule is O=C1CCCCC(/C=C/c2ccoc2)N1. The van der Waals surface area contributed by atoms with Crippen molar-refractivity contribution in [1.82, 2.24) is 5.32 Å². The molecule has 3 heteroatoms. The molecule has 1 aromatic rings. The maximum Gasteiger partial charge on any atom is 0.220 e. The van der Waals surface area contributed by atoms with Crippen molar-refractivity contribution < 1.29 is 9.21 Å². The van der Waals surface area contributed by atoms with E-state index in [2.05, 4.69) is 5.32 Å². The molecule has 1 fully saturated rings. The van der Waals surface area contributed by atoms with Crippen LogP contribution in [0.4, 0.5) is 0 Å². The van der Waals surface area contributed by atoms with Crippen molar-refractivity contribution in [3.05, 3.63) is 30.2 Å². The lowest BCUT2D eigenvalue weighted by atomic mass is 10.1. The average Bonchev–Trinajstić information content (AvgIpc) is 2.65. The van der Waals surface area contributed by atoms with Crippen LogP contribution in [0.3, 0.4) is 0 Å². The van der Waals surface area contributed by atoms with Crippen LogP contribution in [0, 0.1) is 0 Å². The molecule has 1 saturated heterocycles. The van der Waals surface area contributed by atoms with Crippen LogP contribution in [-0.2, 0) is 4.79 Å². The first kappa shape index (κ1) is 10.0. The third-order valence-electron chi connectivity index (χ3n) is 2.58. The van der Waals surface area contributed by atoms with E-state index in [4.69, 9.17) is 4.42 Å². The van der Waals surface area contributed by atoms with Crippen molar-refractivity contribution in [3.63, 3.8) is 0 Å². The van der Waals surface area contributed by atoms with Crippen LogP contribution in [0.2, 0.25) is 0 Å². The lowest BCUT2D eigenvalue weighted by Gasteiger charge is -2.09. The number of hydrogen-bond acceptors (Lipinski definition) is 2. The van der Waals surface area contributed by atoms with Gasteiger partial charge in [-0.3, -0.25) is 4.79 Å². The molecule has 1 atom stereocenters. The van der Waals surface area contributed by atoms with Crippen LogP contribution in [-0.4, -0.2) is 11.9 Å². The van der Waals surface area contributed by atoms with Gasteiger partial charge in [0.15, 0.2) is 0 Å². The normalized spacial score (nSPS) is 22.7. The molecule has 1 unspecified atom stereocenters. The molecule has 1 N–H and O–H groups in total. The lowest BCUT2D eigenvalue weighted by Crippen LogP contribution is -2.30. The van der Waals surface area contributed by atoms with Crippen molar-refractivity contribution in [2.45, 2.75) is 31.7 Å². The van der Waals surface area contributed by atoms with E-state index in [0.717, 1.165) is 24.8 Å². The molecule has 1 aliphatic rings. The van der Waals surface area contributed by atoms with E-state index in [1.165, 1.54) is 0 Å². The third-order valence-corrected chi connectivity index (χ3v) is 2.58. The van der Waals surface area contributed by atoms with Crippen LogP contribution in [0.1, 0.15) is 31.2 Å². The van der Waals surface area contributed by atoms with E-state index in [1.54, 1.807) is 12.5 Å². The minimum absolute atomic E-state index is 0.161. The van der Waals surface area contributed by atoms with Crippen molar-refractivity contribution in [2.24, 2.45) is 0 Å². The molecular weight excluding hydrogens is 190 g/mol. The summed E-state index contributed by atoms with van der Waals surface area (Å²) in [6.07, 6.45) is 11.2. The molecule has 0 bridgehead atoms. The van der Waals surface area contributed by atoms with Crippen molar-refractivity contribution in [1.29, 1.82) is 0 Å². The largest absolute Gasteiger partial charge is 0.472 e. The number of hydrogen-bond donors (Lipinski definition) is 1. The first-order valence-corrected chi connectivity index (χ1v) is 5.34. The fraction of sp³-hybridized carbons (Fsp3) is 0.417. The Labute approximate surface area is 89.2 Å². The van der Waals surface area contributed by atoms with Gasteiger partial charge in [-0.1, -0.05) is 18.6 Å². The standard InChI is InChI=1S/C12H15NO2/c14-12-4-2-1-3-11(13-12)6-5-10-7-8-15-9-10/h5-9,11H,1-4H2,(H,13,14)/b6-5+. The minimum atomic E-state index is 0.161. The fourth-order valence-electron chi connectivity index (χ4n) is 1.74. The summed E-state index contributed by atoms with van der Waals surface area (Å²) in [5.74, 6) is 0.161. The van der Waals surface area contributed by atoms with Crippen LogP contribution in [0.15, 0.2) is 29.1 Å². The van der Waals surface area contributed by atoms with Gasteiger partial charge in [-0.2, -0.15) is 0 Å². The summed E-state index contributed by atoms with van der Waals surface area (Å²) < 4.78 is 4.96. The summed E-state index contributed by atoms with van der Waals surface area (Å²) in [6, 6.07) is 2.07. The summed E-state index contributed by atoms with van der Waals surface area (Å²) in [6.45, 7) is 0. The Hall–Kier alpha value is -1.51. The Morgan fingerprint density at radius 3 is 3.20 bits per heavy atom. The van der Waals surface area contributed by atoms with E-state index in [0.29, 0.717) is 6.42 Å². The highest BCUT2D eigenvalue weighted by Crippen LogP contribution is 2.12. The molecule has 15 heavy (non-hydrogen) atoms. The summed E-state index contributed by atoms with van der Waals surface area (Å²) in [7, 11) is 0. The zero-order chi connectivity index (χ0) is 10.5. The molecule has 1 aromatic heterocycles. The molecule has 0 aliphatic carbocycles. The monoisotopic (exact) mass is 205 g/mol. The van der Waals surface area contributed by atoms with Gasteiger partial charge in [0.2, 0.25) is 5.91 Å².